The molecule has 0 radical (unpaired) electrons. The lowest BCUT2D eigenvalue weighted by Crippen LogP contribution is -2.01. The Bertz CT molecular complexity index is 1400. The Labute approximate surface area is 323 Å². The van der Waals surface area contributed by atoms with E-state index in [1.54, 1.807) is 11.1 Å². The highest BCUT2D eigenvalue weighted by Crippen LogP contribution is 2.35. The highest BCUT2D eigenvalue weighted by Gasteiger charge is 2.15. The number of benzene rings is 4. The van der Waals surface area contributed by atoms with Gasteiger partial charge in [0, 0.05) is 0 Å². The zero-order valence-electron chi connectivity index (χ0n) is 34.6. The van der Waals surface area contributed by atoms with Gasteiger partial charge in [-0.2, -0.15) is 0 Å². The van der Waals surface area contributed by atoms with Crippen LogP contribution in [0, 0.1) is 0 Å². The number of hydrogen-bond acceptors (Lipinski definition) is 0. The van der Waals surface area contributed by atoms with Gasteiger partial charge >= 0.3 is 0 Å². The Morgan fingerprint density at radius 3 is 0.942 bits per heavy atom. The van der Waals surface area contributed by atoms with Crippen LogP contribution in [0.15, 0.2) is 84.9 Å². The molecule has 4 aromatic rings. The van der Waals surface area contributed by atoms with Gasteiger partial charge in [-0.25, -0.2) is 0 Å². The van der Waals surface area contributed by atoms with Crippen molar-refractivity contribution >= 4 is 21.5 Å². The molecule has 0 aliphatic carbocycles. The standard InChI is InChI=1S/2C26H40/c1-3-5-7-8-9-10-11-13-18-23(17-12-6-4-2)26-22-16-20-24-19-14-15-21-25(24)26;1-3-5-7-9-10-11-13-18-23(17-12-8-6-4-2)26-22-16-20-24-19-14-15-21-25(24)26/h2*14-16,19-23H,3-13,17-18H2,1-2H3. The third-order valence-corrected chi connectivity index (χ3v) is 11.7. The zero-order chi connectivity index (χ0) is 36.9. The van der Waals surface area contributed by atoms with Crippen molar-refractivity contribution < 1.29 is 0 Å². The second-order valence-electron chi connectivity index (χ2n) is 16.0. The van der Waals surface area contributed by atoms with Crippen molar-refractivity contribution in [3.05, 3.63) is 96.1 Å². The Morgan fingerprint density at radius 1 is 0.288 bits per heavy atom. The van der Waals surface area contributed by atoms with E-state index in [9.17, 15) is 0 Å². The number of fused-ring (bicyclic) bond motifs is 2. The molecule has 52 heavy (non-hydrogen) atoms. The molecule has 0 heteroatoms. The van der Waals surface area contributed by atoms with Crippen LogP contribution in [0.2, 0.25) is 0 Å². The van der Waals surface area contributed by atoms with Crippen LogP contribution in [-0.4, -0.2) is 0 Å². The van der Waals surface area contributed by atoms with Crippen molar-refractivity contribution in [3.63, 3.8) is 0 Å². The normalized spacial score (nSPS) is 12.5. The molecular formula is C52H80. The third-order valence-electron chi connectivity index (χ3n) is 11.7. The van der Waals surface area contributed by atoms with E-state index >= 15 is 0 Å². The van der Waals surface area contributed by atoms with Crippen molar-refractivity contribution in [1.29, 1.82) is 0 Å². The van der Waals surface area contributed by atoms with E-state index in [1.807, 2.05) is 0 Å². The van der Waals surface area contributed by atoms with Gasteiger partial charge in [0.05, 0.1) is 0 Å². The van der Waals surface area contributed by atoms with Crippen molar-refractivity contribution in [2.45, 2.75) is 206 Å². The molecule has 2 unspecified atom stereocenters. The van der Waals surface area contributed by atoms with Crippen molar-refractivity contribution in [2.75, 3.05) is 0 Å². The Morgan fingerprint density at radius 2 is 0.558 bits per heavy atom. The van der Waals surface area contributed by atoms with Gasteiger partial charge in [-0.3, -0.25) is 0 Å². The summed E-state index contributed by atoms with van der Waals surface area (Å²) in [7, 11) is 0. The van der Waals surface area contributed by atoms with Gasteiger partial charge in [0.2, 0.25) is 0 Å². The van der Waals surface area contributed by atoms with E-state index in [1.165, 1.54) is 188 Å². The minimum Gasteiger partial charge on any atom is -0.0654 e. The fraction of sp³-hybridized carbons (Fsp3) is 0.615. The molecule has 4 aromatic carbocycles. The maximum atomic E-state index is 2.40. The van der Waals surface area contributed by atoms with Crippen LogP contribution in [0.3, 0.4) is 0 Å². The summed E-state index contributed by atoms with van der Waals surface area (Å²) >= 11 is 0. The van der Waals surface area contributed by atoms with Gasteiger partial charge < -0.3 is 0 Å². The predicted octanol–water partition coefficient (Wildman–Crippen LogP) is 18.1. The largest absolute Gasteiger partial charge is 0.0654 e. The monoisotopic (exact) mass is 705 g/mol. The summed E-state index contributed by atoms with van der Waals surface area (Å²) in [4.78, 5) is 0. The minimum absolute atomic E-state index is 0.743. The molecule has 0 fully saturated rings. The first-order valence-corrected chi connectivity index (χ1v) is 22.7. The van der Waals surface area contributed by atoms with Crippen LogP contribution in [-0.2, 0) is 0 Å². The number of hydrogen-bond donors (Lipinski definition) is 0. The van der Waals surface area contributed by atoms with E-state index in [4.69, 9.17) is 0 Å². The summed E-state index contributed by atoms with van der Waals surface area (Å²) in [5.74, 6) is 1.49. The molecule has 2 atom stereocenters. The van der Waals surface area contributed by atoms with E-state index in [2.05, 4.69) is 113 Å². The van der Waals surface area contributed by atoms with E-state index in [0.29, 0.717) is 0 Å². The van der Waals surface area contributed by atoms with E-state index < -0.39 is 0 Å². The fourth-order valence-electron chi connectivity index (χ4n) is 8.45. The molecule has 0 saturated heterocycles. The molecule has 0 aliphatic rings. The highest BCUT2D eigenvalue weighted by atomic mass is 14.2. The molecule has 0 N–H and O–H groups in total. The molecule has 0 saturated carbocycles. The molecule has 0 bridgehead atoms. The molecule has 0 aromatic heterocycles. The van der Waals surface area contributed by atoms with Crippen LogP contribution >= 0.6 is 0 Å². The maximum absolute atomic E-state index is 2.40. The quantitative estimate of drug-likeness (QED) is 0.0516. The van der Waals surface area contributed by atoms with Gasteiger partial charge in [-0.05, 0) is 70.2 Å². The van der Waals surface area contributed by atoms with Gasteiger partial charge in [0.25, 0.3) is 0 Å². The smallest absolute Gasteiger partial charge is 0.0149 e. The molecule has 0 heterocycles. The predicted molar refractivity (Wildman–Crippen MR) is 236 cm³/mol. The summed E-state index contributed by atoms with van der Waals surface area (Å²) in [5, 5.41) is 5.78. The van der Waals surface area contributed by atoms with Gasteiger partial charge in [-0.1, -0.05) is 254 Å². The molecule has 288 valence electrons. The van der Waals surface area contributed by atoms with Crippen LogP contribution in [0.25, 0.3) is 21.5 Å². The lowest BCUT2D eigenvalue weighted by Gasteiger charge is -2.20. The molecule has 0 spiro atoms. The van der Waals surface area contributed by atoms with Crippen LogP contribution in [0.5, 0.6) is 0 Å². The summed E-state index contributed by atoms with van der Waals surface area (Å²) in [6.45, 7) is 9.21. The van der Waals surface area contributed by atoms with Gasteiger partial charge in [0.15, 0.2) is 0 Å². The van der Waals surface area contributed by atoms with E-state index in [-0.39, 0.29) is 0 Å². The average Bonchev–Trinajstić information content (AvgIpc) is 3.18. The second kappa shape index (κ2) is 28.8. The van der Waals surface area contributed by atoms with Crippen LogP contribution < -0.4 is 0 Å². The lowest BCUT2D eigenvalue weighted by atomic mass is 9.85. The van der Waals surface area contributed by atoms with Crippen molar-refractivity contribution in [2.24, 2.45) is 0 Å². The lowest BCUT2D eigenvalue weighted by molar-refractivity contribution is 0.491. The fourth-order valence-corrected chi connectivity index (χ4v) is 8.45. The topological polar surface area (TPSA) is 0 Å². The van der Waals surface area contributed by atoms with E-state index in [0.717, 1.165) is 11.8 Å². The summed E-state index contributed by atoms with van der Waals surface area (Å²) in [5.41, 5.74) is 3.20. The SMILES string of the molecule is CCCCCCCCCC(CCCCCC)c1cccc2ccccc12.CCCCCCCCCCC(CCCCC)c1cccc2ccccc12. The average molecular weight is 705 g/mol. The molecule has 0 amide bonds. The molecule has 0 nitrogen and oxygen atoms in total. The molecule has 4 rings (SSSR count). The zero-order valence-corrected chi connectivity index (χ0v) is 34.6. The molecular weight excluding hydrogens is 625 g/mol. The van der Waals surface area contributed by atoms with Crippen LogP contribution in [0.1, 0.15) is 218 Å². The first kappa shape index (κ1) is 43.8. The van der Waals surface area contributed by atoms with Crippen molar-refractivity contribution in [3.8, 4) is 0 Å². The highest BCUT2D eigenvalue weighted by molar-refractivity contribution is 5.86. The Balaban J connectivity index is 0.000000280. The Kier molecular flexibility index (Phi) is 24.3. The van der Waals surface area contributed by atoms with Gasteiger partial charge in [0.1, 0.15) is 0 Å². The van der Waals surface area contributed by atoms with Crippen LogP contribution in [0.4, 0.5) is 0 Å². The number of rotatable bonds is 28. The Hall–Kier alpha value is -2.60. The van der Waals surface area contributed by atoms with Crippen molar-refractivity contribution in [1.82, 2.24) is 0 Å². The second-order valence-corrected chi connectivity index (χ2v) is 16.0. The number of unbranched alkanes of at least 4 members (excludes halogenated alkanes) is 18. The minimum atomic E-state index is 0.743. The maximum Gasteiger partial charge on any atom is -0.0149 e. The third kappa shape index (κ3) is 17.0. The summed E-state index contributed by atoms with van der Waals surface area (Å²) in [6.07, 6.45) is 36.2. The summed E-state index contributed by atoms with van der Waals surface area (Å²) in [6, 6.07) is 31.8. The summed E-state index contributed by atoms with van der Waals surface area (Å²) < 4.78 is 0. The first-order valence-electron chi connectivity index (χ1n) is 22.7. The van der Waals surface area contributed by atoms with Gasteiger partial charge in [-0.15, -0.1) is 0 Å². The first-order chi connectivity index (χ1) is 25.7. The molecule has 0 aliphatic heterocycles.